The van der Waals surface area contributed by atoms with Crippen molar-refractivity contribution in [2.45, 2.75) is 57.1 Å². The van der Waals surface area contributed by atoms with Crippen molar-refractivity contribution in [3.63, 3.8) is 0 Å². The Morgan fingerprint density at radius 3 is 2.69 bits per heavy atom. The SMILES string of the molecule is CC(F)c1ccc(Cc2cc(C3CC(O)CC(CO)O3)c3c(c2Cl)OCC3)cc1. The number of aliphatic hydroxyl groups excluding tert-OH is 2. The first-order valence-corrected chi connectivity index (χ1v) is 10.5. The summed E-state index contributed by atoms with van der Waals surface area (Å²) in [5.74, 6) is 0.692. The monoisotopic (exact) mass is 420 g/mol. The molecular weight excluding hydrogens is 395 g/mol. The summed E-state index contributed by atoms with van der Waals surface area (Å²) in [7, 11) is 0. The largest absolute Gasteiger partial charge is 0.491 e. The molecule has 0 aliphatic carbocycles. The Bertz CT molecular complexity index is 868. The van der Waals surface area contributed by atoms with Crippen LogP contribution in [-0.4, -0.2) is 35.6 Å². The molecule has 2 heterocycles. The summed E-state index contributed by atoms with van der Waals surface area (Å²) >= 11 is 6.67. The molecular formula is C23H26ClFO4. The van der Waals surface area contributed by atoms with Crippen molar-refractivity contribution in [2.75, 3.05) is 13.2 Å². The van der Waals surface area contributed by atoms with E-state index in [2.05, 4.69) is 0 Å². The lowest BCUT2D eigenvalue weighted by Crippen LogP contribution is -2.33. The normalized spacial score (nSPS) is 24.8. The Hall–Kier alpha value is -1.66. The molecule has 6 heteroatoms. The second-order valence-electron chi connectivity index (χ2n) is 7.93. The molecule has 4 atom stereocenters. The number of ether oxygens (including phenoxy) is 2. The molecule has 29 heavy (non-hydrogen) atoms. The van der Waals surface area contributed by atoms with Gasteiger partial charge in [-0.25, -0.2) is 4.39 Å². The highest BCUT2D eigenvalue weighted by molar-refractivity contribution is 6.33. The Labute approximate surface area is 175 Å². The smallest absolute Gasteiger partial charge is 0.141 e. The fourth-order valence-electron chi connectivity index (χ4n) is 4.26. The van der Waals surface area contributed by atoms with Gasteiger partial charge in [-0.1, -0.05) is 41.9 Å². The molecule has 1 saturated heterocycles. The van der Waals surface area contributed by atoms with Crippen molar-refractivity contribution in [3.05, 3.63) is 63.2 Å². The minimum absolute atomic E-state index is 0.119. The van der Waals surface area contributed by atoms with Crippen molar-refractivity contribution in [2.24, 2.45) is 0 Å². The summed E-state index contributed by atoms with van der Waals surface area (Å²) in [6, 6.07) is 9.46. The van der Waals surface area contributed by atoms with E-state index in [0.717, 1.165) is 28.7 Å². The van der Waals surface area contributed by atoms with Gasteiger partial charge < -0.3 is 19.7 Å². The van der Waals surface area contributed by atoms with Gasteiger partial charge in [0.1, 0.15) is 11.9 Å². The molecule has 156 valence electrons. The number of fused-ring (bicyclic) bond motifs is 1. The topological polar surface area (TPSA) is 58.9 Å². The summed E-state index contributed by atoms with van der Waals surface area (Å²) in [5.41, 5.74) is 4.59. The molecule has 4 rings (SSSR count). The third-order valence-corrected chi connectivity index (χ3v) is 6.21. The Balaban J connectivity index is 1.67. The first kappa shape index (κ1) is 20.6. The molecule has 0 radical (unpaired) electrons. The lowest BCUT2D eigenvalue weighted by Gasteiger charge is -2.33. The van der Waals surface area contributed by atoms with E-state index in [-0.39, 0.29) is 18.8 Å². The quantitative estimate of drug-likeness (QED) is 0.749. The molecule has 2 aromatic carbocycles. The Morgan fingerprint density at radius 1 is 1.24 bits per heavy atom. The zero-order valence-electron chi connectivity index (χ0n) is 16.4. The first-order valence-electron chi connectivity index (χ1n) is 10.1. The standard InChI is InChI=1S/C23H26ClFO4/c1-13(25)15-4-2-14(3-5-15)8-16-9-20(19-6-7-28-23(19)22(16)24)21-11-17(27)10-18(12-26)29-21/h2-5,9,13,17-18,21,26-27H,6-8,10-12H2,1H3. The van der Waals surface area contributed by atoms with Crippen LogP contribution in [0.15, 0.2) is 30.3 Å². The lowest BCUT2D eigenvalue weighted by molar-refractivity contribution is -0.114. The molecule has 0 spiro atoms. The average Bonchev–Trinajstić information content (AvgIpc) is 3.20. The van der Waals surface area contributed by atoms with Crippen LogP contribution in [0, 0.1) is 0 Å². The summed E-state index contributed by atoms with van der Waals surface area (Å²) in [6.45, 7) is 1.97. The van der Waals surface area contributed by atoms with E-state index in [9.17, 15) is 14.6 Å². The molecule has 0 aromatic heterocycles. The van der Waals surface area contributed by atoms with Crippen LogP contribution in [0.25, 0.3) is 0 Å². The number of benzene rings is 2. The summed E-state index contributed by atoms with van der Waals surface area (Å²) in [5, 5.41) is 20.4. The van der Waals surface area contributed by atoms with Crippen LogP contribution in [0.5, 0.6) is 5.75 Å². The third-order valence-electron chi connectivity index (χ3n) is 5.79. The minimum atomic E-state index is -0.998. The minimum Gasteiger partial charge on any atom is -0.491 e. The lowest BCUT2D eigenvalue weighted by atomic mass is 9.89. The zero-order chi connectivity index (χ0) is 20.5. The number of alkyl halides is 1. The van der Waals surface area contributed by atoms with Gasteiger partial charge in [0.25, 0.3) is 0 Å². The maximum absolute atomic E-state index is 13.5. The highest BCUT2D eigenvalue weighted by Crippen LogP contribution is 2.44. The molecule has 2 aliphatic heterocycles. The Kier molecular flexibility index (Phi) is 6.11. The van der Waals surface area contributed by atoms with Crippen LogP contribution in [0.4, 0.5) is 4.39 Å². The van der Waals surface area contributed by atoms with E-state index in [4.69, 9.17) is 21.1 Å². The predicted octanol–water partition coefficient (Wildman–Crippen LogP) is 4.47. The molecule has 0 bridgehead atoms. The number of hydrogen-bond donors (Lipinski definition) is 2. The van der Waals surface area contributed by atoms with Crippen LogP contribution in [-0.2, 0) is 17.6 Å². The second-order valence-corrected chi connectivity index (χ2v) is 8.31. The van der Waals surface area contributed by atoms with E-state index in [1.54, 1.807) is 12.1 Å². The molecule has 0 amide bonds. The molecule has 2 N–H and O–H groups in total. The van der Waals surface area contributed by atoms with Crippen molar-refractivity contribution in [1.29, 1.82) is 0 Å². The highest BCUT2D eigenvalue weighted by Gasteiger charge is 2.33. The van der Waals surface area contributed by atoms with Gasteiger partial charge in [0, 0.05) is 24.8 Å². The number of hydrogen-bond acceptors (Lipinski definition) is 4. The Morgan fingerprint density at radius 2 is 2.00 bits per heavy atom. The highest BCUT2D eigenvalue weighted by atomic mass is 35.5. The summed E-state index contributed by atoms with van der Waals surface area (Å²) in [4.78, 5) is 0. The maximum Gasteiger partial charge on any atom is 0.141 e. The molecule has 2 aromatic rings. The number of halogens is 2. The molecule has 2 aliphatic rings. The van der Waals surface area contributed by atoms with Crippen molar-refractivity contribution >= 4 is 11.6 Å². The summed E-state index contributed by atoms with van der Waals surface area (Å²) in [6.07, 6.45) is 0.0437. The second kappa shape index (κ2) is 8.60. The van der Waals surface area contributed by atoms with Crippen molar-refractivity contribution in [1.82, 2.24) is 0 Å². The van der Waals surface area contributed by atoms with Crippen molar-refractivity contribution in [3.8, 4) is 5.75 Å². The van der Waals surface area contributed by atoms with Crippen LogP contribution in [0.1, 0.15) is 59.9 Å². The van der Waals surface area contributed by atoms with Crippen molar-refractivity contribution < 1.29 is 24.1 Å². The van der Waals surface area contributed by atoms with Crippen LogP contribution < -0.4 is 4.74 Å². The van der Waals surface area contributed by atoms with Gasteiger partial charge in [0.2, 0.25) is 0 Å². The van der Waals surface area contributed by atoms with Gasteiger partial charge in [0.05, 0.1) is 36.5 Å². The third kappa shape index (κ3) is 4.29. The van der Waals surface area contributed by atoms with E-state index < -0.39 is 12.3 Å². The van der Waals surface area contributed by atoms with Gasteiger partial charge in [-0.3, -0.25) is 0 Å². The van der Waals surface area contributed by atoms with E-state index >= 15 is 0 Å². The maximum atomic E-state index is 13.5. The van der Waals surface area contributed by atoms with Gasteiger partial charge in [0.15, 0.2) is 0 Å². The predicted molar refractivity (Wildman–Crippen MR) is 109 cm³/mol. The number of aliphatic hydroxyl groups is 2. The summed E-state index contributed by atoms with van der Waals surface area (Å²) < 4.78 is 25.3. The van der Waals surface area contributed by atoms with Crippen LogP contribution in [0.3, 0.4) is 0 Å². The van der Waals surface area contributed by atoms with E-state index in [0.29, 0.717) is 42.2 Å². The van der Waals surface area contributed by atoms with Gasteiger partial charge in [-0.05, 0) is 35.6 Å². The average molecular weight is 421 g/mol. The van der Waals surface area contributed by atoms with Gasteiger partial charge >= 0.3 is 0 Å². The fourth-order valence-corrected chi connectivity index (χ4v) is 4.55. The molecule has 4 nitrogen and oxygen atoms in total. The van der Waals surface area contributed by atoms with E-state index in [1.165, 1.54) is 6.92 Å². The molecule has 4 unspecified atom stereocenters. The molecule has 0 saturated carbocycles. The first-order chi connectivity index (χ1) is 14.0. The van der Waals surface area contributed by atoms with Gasteiger partial charge in [-0.2, -0.15) is 0 Å². The van der Waals surface area contributed by atoms with Gasteiger partial charge in [-0.15, -0.1) is 0 Å². The fraction of sp³-hybridized carbons (Fsp3) is 0.478. The van der Waals surface area contributed by atoms with E-state index in [1.807, 2.05) is 18.2 Å². The van der Waals surface area contributed by atoms with Crippen LogP contribution in [0.2, 0.25) is 5.02 Å². The number of rotatable bonds is 5. The van der Waals surface area contributed by atoms with Crippen LogP contribution >= 0.6 is 11.6 Å². The zero-order valence-corrected chi connectivity index (χ0v) is 17.2. The molecule has 1 fully saturated rings.